The Kier molecular flexibility index (Phi) is 25.7. The van der Waals surface area contributed by atoms with Gasteiger partial charge in [-0.2, -0.15) is 0 Å². The maximum absolute atomic E-state index is 14.5. The normalized spacial score (nSPS) is 16.0. The van der Waals surface area contributed by atoms with Gasteiger partial charge < -0.3 is 73.9 Å². The Hall–Kier alpha value is -7.36. The molecule has 0 aromatic heterocycles. The fourth-order valence-corrected chi connectivity index (χ4v) is 11.3. The molecule has 2 fully saturated rings. The minimum Gasteiger partial charge on any atom is -0.504 e. The molecule has 2 heterocycles. The van der Waals surface area contributed by atoms with Gasteiger partial charge in [-0.1, -0.05) is 80.2 Å². The number of nitrogens with one attached hydrogen (secondary N) is 4. The highest BCUT2D eigenvalue weighted by atomic mass is 28.4. The molecule has 3 aromatic carbocycles. The van der Waals surface area contributed by atoms with E-state index in [4.69, 9.17) is 43.0 Å². The van der Waals surface area contributed by atoms with Crippen LogP contribution < -0.4 is 45.9 Å². The van der Waals surface area contributed by atoms with Crippen molar-refractivity contribution >= 4 is 69.9 Å². The summed E-state index contributed by atoms with van der Waals surface area (Å²) in [4.78, 5) is 96.1. The monoisotopic (exact) mass is 1260 g/mol. The third-order valence-corrected chi connectivity index (χ3v) is 25.6. The first kappa shape index (κ1) is 71.4. The lowest BCUT2D eigenvalue weighted by atomic mass is 10.0. The summed E-state index contributed by atoms with van der Waals surface area (Å²) in [5.74, 6) is -2.04. The number of ether oxygens (including phenoxy) is 6. The number of phenolic OH excluding ortho intramolecular Hbond substituents is 1. The molecule has 0 bridgehead atoms. The molecule has 7 amide bonds. The molecule has 25 heteroatoms. The smallest absolute Gasteiger partial charge is 0.411 e. The lowest BCUT2D eigenvalue weighted by Crippen LogP contribution is -2.53. The second-order valence-electron chi connectivity index (χ2n) is 25.6. The molecule has 486 valence electrons. The highest BCUT2D eigenvalue weighted by Crippen LogP contribution is 2.41. The van der Waals surface area contributed by atoms with Crippen LogP contribution in [-0.2, 0) is 34.5 Å². The number of unbranched alkanes of at least 4 members (excludes halogenated alkanes) is 2. The third-order valence-electron chi connectivity index (χ3n) is 16.6. The van der Waals surface area contributed by atoms with Gasteiger partial charge in [0.15, 0.2) is 39.6 Å². The van der Waals surface area contributed by atoms with Gasteiger partial charge in [0.25, 0.3) is 11.8 Å². The van der Waals surface area contributed by atoms with E-state index in [9.17, 15) is 38.7 Å². The predicted octanol–water partition coefficient (Wildman–Crippen LogP) is 10.9. The number of hydrogen-bond acceptors (Lipinski definition) is 16. The van der Waals surface area contributed by atoms with E-state index in [1.165, 1.54) is 44.4 Å². The van der Waals surface area contributed by atoms with Crippen LogP contribution in [0.25, 0.3) is 0 Å². The van der Waals surface area contributed by atoms with Crippen molar-refractivity contribution in [1.29, 1.82) is 0 Å². The fourth-order valence-electron chi connectivity index (χ4n) is 9.22. The number of nitrogens with two attached hydrogens (primary N) is 1. The molecule has 4 atom stereocenters. The predicted molar refractivity (Wildman–Crippen MR) is 340 cm³/mol. The van der Waals surface area contributed by atoms with E-state index < -0.39 is 64.7 Å². The van der Waals surface area contributed by atoms with Crippen LogP contribution in [0.5, 0.6) is 28.7 Å². The van der Waals surface area contributed by atoms with Crippen LogP contribution in [0.2, 0.25) is 36.3 Å². The number of phenols is 1. The van der Waals surface area contributed by atoms with Crippen molar-refractivity contribution in [3.05, 3.63) is 77.9 Å². The molecule has 88 heavy (non-hydrogen) atoms. The maximum atomic E-state index is 14.5. The average molecular weight is 1260 g/mol. The first-order chi connectivity index (χ1) is 41.3. The first-order valence-electron chi connectivity index (χ1n) is 30.2. The van der Waals surface area contributed by atoms with Gasteiger partial charge in [0.1, 0.15) is 31.0 Å². The number of primary amides is 1. The van der Waals surface area contributed by atoms with E-state index in [1.54, 1.807) is 47.9 Å². The largest absolute Gasteiger partial charge is 0.504 e. The third kappa shape index (κ3) is 20.1. The zero-order valence-electron chi connectivity index (χ0n) is 53.9. The number of methoxy groups -OCH3 is 1. The van der Waals surface area contributed by atoms with E-state index >= 15 is 0 Å². The molecular weight excluding hydrogens is 1170 g/mol. The molecule has 2 aliphatic heterocycles. The van der Waals surface area contributed by atoms with Crippen LogP contribution in [0.3, 0.4) is 0 Å². The van der Waals surface area contributed by atoms with Gasteiger partial charge >= 0.3 is 18.3 Å². The summed E-state index contributed by atoms with van der Waals surface area (Å²) in [6.07, 6.45) is 3.26. The van der Waals surface area contributed by atoms with Crippen molar-refractivity contribution in [2.24, 2.45) is 11.7 Å². The molecule has 3 aromatic rings. The summed E-state index contributed by atoms with van der Waals surface area (Å²) in [6.45, 7) is 31.9. The first-order valence-corrected chi connectivity index (χ1v) is 36.0. The summed E-state index contributed by atoms with van der Waals surface area (Å²) >= 11 is 0. The highest BCUT2D eigenvalue weighted by molar-refractivity contribution is 6.74. The van der Waals surface area contributed by atoms with E-state index in [-0.39, 0.29) is 106 Å². The van der Waals surface area contributed by atoms with Gasteiger partial charge in [-0.05, 0) is 118 Å². The number of rotatable bonds is 29. The lowest BCUT2D eigenvalue weighted by molar-refractivity contribution is -0.128. The van der Waals surface area contributed by atoms with Crippen molar-refractivity contribution in [1.82, 2.24) is 20.4 Å². The molecule has 0 spiro atoms. The number of amides is 7. The number of carbonyl (C=O) groups excluding carboxylic acids is 7. The molecule has 0 aliphatic carbocycles. The fraction of sp³-hybridized carbons (Fsp3) is 0.571. The number of hydrogen-bond donors (Lipinski definition) is 6. The minimum atomic E-state index is -2.17. The summed E-state index contributed by atoms with van der Waals surface area (Å²) in [6, 6.07) is 9.72. The number of benzene rings is 3. The van der Waals surface area contributed by atoms with E-state index in [0.29, 0.717) is 63.2 Å². The Morgan fingerprint density at radius 2 is 1.25 bits per heavy atom. The number of likely N-dealkylation sites (tertiary alicyclic amines) is 2. The van der Waals surface area contributed by atoms with Crippen molar-refractivity contribution in [2.45, 2.75) is 174 Å². The Balaban J connectivity index is 1.22. The average Bonchev–Trinajstić information content (AvgIpc) is 3.72. The van der Waals surface area contributed by atoms with E-state index in [2.05, 4.69) is 95.6 Å². The van der Waals surface area contributed by atoms with Crippen molar-refractivity contribution in [3.63, 3.8) is 0 Å². The zero-order chi connectivity index (χ0) is 65.3. The number of alkyl carbamates (subject to hydrolysis) is 1. The second kappa shape index (κ2) is 31.7. The lowest BCUT2D eigenvalue weighted by Gasteiger charge is -2.38. The van der Waals surface area contributed by atoms with E-state index in [0.717, 1.165) is 19.3 Å². The zero-order valence-corrected chi connectivity index (χ0v) is 55.9. The van der Waals surface area contributed by atoms with Crippen LogP contribution in [0.1, 0.15) is 134 Å². The van der Waals surface area contributed by atoms with Gasteiger partial charge in [-0.3, -0.25) is 24.5 Å². The molecule has 0 saturated carbocycles. The van der Waals surface area contributed by atoms with Gasteiger partial charge in [0, 0.05) is 37.0 Å². The summed E-state index contributed by atoms with van der Waals surface area (Å²) in [5.41, 5.74) is 6.60. The summed E-state index contributed by atoms with van der Waals surface area (Å²) in [5, 5.41) is 21.9. The Bertz CT molecular complexity index is 2930. The van der Waals surface area contributed by atoms with Crippen molar-refractivity contribution in [2.75, 3.05) is 63.9 Å². The minimum absolute atomic E-state index is 0.00423. The van der Waals surface area contributed by atoms with Crippen LogP contribution in [0.15, 0.2) is 61.2 Å². The topological polar surface area (TPSA) is 294 Å². The van der Waals surface area contributed by atoms with Gasteiger partial charge in [-0.25, -0.2) is 14.4 Å². The standard InChI is InChI=1S/C63H95N7O16Si2/c1-16-30-82-61(78)68-54(40(2)3)56(73)65-41(4)55(72)66-43-26-24-42(25-27-43)37-83-60(77)67-48-35-51(49(71)33-46(48)57(74)69-28-20-22-44(69)38-84-87(12,13)62(5,6)7)80-31-18-17-19-32-81-53-36-50(86-59(64)76)47(34-52(53)79-11)58(75)70-29-21-23-45(70)39-85-88(14,15)63(8,9)10/h16,24-27,33-36,40-41,44-45,54,71H,1,17-23,28-32,37-39H2,2-15H3,(H2,64,76)(H,65,73)(H,66,72)(H,67,77)(H,68,78)/t41?,44-,45-,54?/m0/s1. The molecule has 5 rings (SSSR count). The Morgan fingerprint density at radius 3 is 1.77 bits per heavy atom. The van der Waals surface area contributed by atoms with Crippen molar-refractivity contribution in [3.8, 4) is 28.7 Å². The molecule has 2 unspecified atom stereocenters. The van der Waals surface area contributed by atoms with Crippen LogP contribution in [0.4, 0.5) is 25.8 Å². The Labute approximate surface area is 520 Å². The molecule has 2 saturated heterocycles. The highest BCUT2D eigenvalue weighted by Gasteiger charge is 2.42. The quantitative estimate of drug-likeness (QED) is 0.0163. The van der Waals surface area contributed by atoms with Crippen LogP contribution in [-0.4, -0.2) is 151 Å². The number of anilines is 2. The van der Waals surface area contributed by atoms with Gasteiger partial charge in [0.05, 0.1) is 62.4 Å². The molecular formula is C63H95N7O16Si2. The second-order valence-corrected chi connectivity index (χ2v) is 35.3. The maximum Gasteiger partial charge on any atom is 0.411 e. The Morgan fingerprint density at radius 1 is 0.693 bits per heavy atom. The van der Waals surface area contributed by atoms with Gasteiger partial charge in [-0.15, -0.1) is 0 Å². The number of nitrogens with zero attached hydrogens (tertiary/aromatic N) is 2. The van der Waals surface area contributed by atoms with Crippen molar-refractivity contribution < 1.29 is 75.9 Å². The summed E-state index contributed by atoms with van der Waals surface area (Å²) in [7, 11) is -2.81. The molecule has 2 aliphatic rings. The molecule has 0 radical (unpaired) electrons. The molecule has 23 nitrogen and oxygen atoms in total. The summed E-state index contributed by atoms with van der Waals surface area (Å²) < 4.78 is 46.8. The molecule has 7 N–H and O–H groups in total. The SMILES string of the molecule is C=CCOC(=O)NC(C(=O)NC(C)C(=O)Nc1ccc(COC(=O)Nc2cc(OCCCCCOc3cc(OC(N)=O)c(C(=O)N4CCC[C@H]4CO[Si](C)(C)C(C)(C)C)cc3OC)c(O)cc2C(=O)N2CCC[C@H]2CO[Si](C)(C)C(C)(C)C)cc1)C(C)C. The van der Waals surface area contributed by atoms with Crippen LogP contribution >= 0.6 is 0 Å². The van der Waals surface area contributed by atoms with E-state index in [1.807, 2.05) is 0 Å². The van der Waals surface area contributed by atoms with Crippen LogP contribution in [0, 0.1) is 5.92 Å². The number of carbonyl (C=O) groups is 7. The van der Waals surface area contributed by atoms with Gasteiger partial charge in [0.2, 0.25) is 11.8 Å². The number of aromatic hydroxyl groups is 1.